The van der Waals surface area contributed by atoms with Gasteiger partial charge in [-0.2, -0.15) is 0 Å². The Hall–Kier alpha value is -1.30. The van der Waals surface area contributed by atoms with Gasteiger partial charge in [0.1, 0.15) is 5.69 Å². The summed E-state index contributed by atoms with van der Waals surface area (Å²) in [6.45, 7) is 3.55. The van der Waals surface area contributed by atoms with Crippen LogP contribution in [0.5, 0.6) is 0 Å². The number of rotatable bonds is 2. The molecule has 0 fully saturated rings. The molecule has 2 aliphatic heterocycles. The Labute approximate surface area is 157 Å². The summed E-state index contributed by atoms with van der Waals surface area (Å²) in [6, 6.07) is 18.6. The van der Waals surface area contributed by atoms with Crippen LogP contribution >= 0.6 is 11.8 Å². The minimum atomic E-state index is -0.952. The standard InChI is InChI=1S/C19H21N2OS.BrH/c1-15-8-10-16(11-9-15)19(22)14-20(17-6-3-2-4-7-17)18-21(19)12-5-13-23-18;/h2-4,6-11,22H,5,12-14H2,1H3;1H/q+1;/p-1. The van der Waals surface area contributed by atoms with Crippen molar-refractivity contribution < 1.29 is 26.7 Å². The van der Waals surface area contributed by atoms with Crippen molar-refractivity contribution in [1.29, 1.82) is 0 Å². The number of benzene rings is 2. The summed E-state index contributed by atoms with van der Waals surface area (Å²) in [6.07, 6.45) is 1.10. The van der Waals surface area contributed by atoms with E-state index in [0.29, 0.717) is 6.54 Å². The molecule has 0 aromatic heterocycles. The molecule has 5 heteroatoms. The zero-order valence-electron chi connectivity index (χ0n) is 13.7. The number of β-amino-alcohol motifs (C(OH)–C–C–N with tert-alkyl or cyclic N) is 1. The van der Waals surface area contributed by atoms with Crippen molar-refractivity contribution in [1.82, 2.24) is 0 Å². The van der Waals surface area contributed by atoms with E-state index in [1.807, 2.05) is 17.8 Å². The first-order chi connectivity index (χ1) is 11.2. The molecule has 0 amide bonds. The van der Waals surface area contributed by atoms with Crippen molar-refractivity contribution in [2.75, 3.05) is 23.7 Å². The van der Waals surface area contributed by atoms with Gasteiger partial charge in [-0.05, 0) is 37.2 Å². The summed E-state index contributed by atoms with van der Waals surface area (Å²) < 4.78 is 2.18. The van der Waals surface area contributed by atoms with Crippen LogP contribution in [0.4, 0.5) is 5.69 Å². The average molecular weight is 405 g/mol. The minimum Gasteiger partial charge on any atom is -1.00 e. The lowest BCUT2D eigenvalue weighted by molar-refractivity contribution is -0.656. The van der Waals surface area contributed by atoms with Gasteiger partial charge in [0.15, 0.2) is 6.54 Å². The fourth-order valence-electron chi connectivity index (χ4n) is 3.38. The van der Waals surface area contributed by atoms with Crippen LogP contribution in [0.15, 0.2) is 54.6 Å². The molecule has 24 heavy (non-hydrogen) atoms. The topological polar surface area (TPSA) is 26.5 Å². The second-order valence-corrected chi connectivity index (χ2v) is 7.30. The third kappa shape index (κ3) is 2.89. The number of thioether (sulfide) groups is 1. The molecule has 2 aromatic carbocycles. The summed E-state index contributed by atoms with van der Waals surface area (Å²) in [5.74, 6) is 1.11. The molecule has 1 N–H and O–H groups in total. The summed E-state index contributed by atoms with van der Waals surface area (Å²) in [4.78, 5) is 2.25. The van der Waals surface area contributed by atoms with Gasteiger partial charge in [-0.25, -0.2) is 9.48 Å². The minimum absolute atomic E-state index is 0. The highest BCUT2D eigenvalue weighted by atomic mass is 79.9. The van der Waals surface area contributed by atoms with E-state index in [2.05, 4.69) is 64.9 Å². The van der Waals surface area contributed by atoms with E-state index in [0.717, 1.165) is 30.0 Å². The van der Waals surface area contributed by atoms with E-state index in [4.69, 9.17) is 0 Å². The fourth-order valence-corrected chi connectivity index (χ4v) is 4.56. The van der Waals surface area contributed by atoms with E-state index < -0.39 is 5.72 Å². The molecule has 2 aliphatic rings. The molecule has 0 aliphatic carbocycles. The van der Waals surface area contributed by atoms with Gasteiger partial charge in [0, 0.05) is 11.3 Å². The van der Waals surface area contributed by atoms with E-state index in [-0.39, 0.29) is 17.0 Å². The maximum atomic E-state index is 11.5. The molecule has 2 aromatic rings. The highest BCUT2D eigenvalue weighted by Gasteiger charge is 2.53. The Morgan fingerprint density at radius 3 is 2.50 bits per heavy atom. The third-order valence-corrected chi connectivity index (χ3v) is 5.82. The van der Waals surface area contributed by atoms with Crippen LogP contribution in [0.1, 0.15) is 17.5 Å². The predicted molar refractivity (Wildman–Crippen MR) is 96.1 cm³/mol. The van der Waals surface area contributed by atoms with Crippen LogP contribution in [0.2, 0.25) is 0 Å². The second-order valence-electron chi connectivity index (χ2n) is 6.24. The molecule has 0 saturated heterocycles. The number of para-hydroxylation sites is 1. The van der Waals surface area contributed by atoms with Crippen molar-refractivity contribution in [3.63, 3.8) is 0 Å². The van der Waals surface area contributed by atoms with Gasteiger partial charge in [0.05, 0.1) is 6.54 Å². The van der Waals surface area contributed by atoms with Crippen molar-refractivity contribution in [3.8, 4) is 0 Å². The molecule has 2 heterocycles. The third-order valence-electron chi connectivity index (χ3n) is 4.63. The van der Waals surface area contributed by atoms with E-state index >= 15 is 0 Å². The predicted octanol–water partition coefficient (Wildman–Crippen LogP) is 0.170. The molecule has 0 radical (unpaired) electrons. The summed E-state index contributed by atoms with van der Waals surface area (Å²) >= 11 is 1.85. The average Bonchev–Trinajstić information content (AvgIpc) is 2.91. The summed E-state index contributed by atoms with van der Waals surface area (Å²) in [5, 5.41) is 12.7. The van der Waals surface area contributed by atoms with Crippen LogP contribution in [0.3, 0.4) is 0 Å². The number of nitrogens with zero attached hydrogens (tertiary/aromatic N) is 2. The molecule has 1 unspecified atom stereocenters. The van der Waals surface area contributed by atoms with Gasteiger partial charge in [-0.1, -0.05) is 48.0 Å². The number of halogens is 1. The zero-order chi connectivity index (χ0) is 15.9. The Kier molecular flexibility index (Phi) is 5.04. The Morgan fingerprint density at radius 1 is 1.08 bits per heavy atom. The van der Waals surface area contributed by atoms with Crippen molar-refractivity contribution in [2.45, 2.75) is 19.1 Å². The molecular formula is C19H21BrN2OS. The maximum Gasteiger partial charge on any atom is 0.316 e. The van der Waals surface area contributed by atoms with Crippen molar-refractivity contribution in [2.24, 2.45) is 0 Å². The molecule has 1 atom stereocenters. The number of hydrogen-bond acceptors (Lipinski definition) is 3. The van der Waals surface area contributed by atoms with Crippen molar-refractivity contribution in [3.05, 3.63) is 65.7 Å². The van der Waals surface area contributed by atoms with E-state index in [9.17, 15) is 5.11 Å². The lowest BCUT2D eigenvalue weighted by Gasteiger charge is -2.24. The van der Waals surface area contributed by atoms with E-state index in [1.54, 1.807) is 0 Å². The zero-order valence-corrected chi connectivity index (χ0v) is 16.1. The molecule has 0 saturated carbocycles. The van der Waals surface area contributed by atoms with Crippen LogP contribution in [0.25, 0.3) is 0 Å². The van der Waals surface area contributed by atoms with Gasteiger partial charge >= 0.3 is 5.17 Å². The summed E-state index contributed by atoms with van der Waals surface area (Å²) in [7, 11) is 0. The monoisotopic (exact) mass is 404 g/mol. The number of aliphatic hydroxyl groups is 1. The lowest BCUT2D eigenvalue weighted by atomic mass is 10.0. The fraction of sp³-hybridized carbons (Fsp3) is 0.316. The Morgan fingerprint density at radius 2 is 1.79 bits per heavy atom. The second kappa shape index (κ2) is 6.90. The molecule has 3 nitrogen and oxygen atoms in total. The van der Waals surface area contributed by atoms with Gasteiger partial charge in [0.2, 0.25) is 0 Å². The van der Waals surface area contributed by atoms with Crippen LogP contribution in [0, 0.1) is 6.92 Å². The Bertz CT molecular complexity index is 748. The highest BCUT2D eigenvalue weighted by Crippen LogP contribution is 2.37. The van der Waals surface area contributed by atoms with Gasteiger partial charge in [-0.3, -0.25) is 0 Å². The maximum absolute atomic E-state index is 11.5. The molecule has 0 spiro atoms. The largest absolute Gasteiger partial charge is 1.00 e. The van der Waals surface area contributed by atoms with Gasteiger partial charge < -0.3 is 22.1 Å². The lowest BCUT2D eigenvalue weighted by Crippen LogP contribution is -3.00. The van der Waals surface area contributed by atoms with Crippen LogP contribution < -0.4 is 21.9 Å². The van der Waals surface area contributed by atoms with E-state index in [1.165, 1.54) is 10.7 Å². The number of anilines is 1. The quantitative estimate of drug-likeness (QED) is 0.722. The number of hydrogen-bond donors (Lipinski definition) is 1. The van der Waals surface area contributed by atoms with Crippen LogP contribution in [-0.4, -0.2) is 33.7 Å². The molecule has 126 valence electrons. The van der Waals surface area contributed by atoms with Crippen LogP contribution in [-0.2, 0) is 5.72 Å². The smallest absolute Gasteiger partial charge is 0.316 e. The first-order valence-electron chi connectivity index (χ1n) is 8.08. The first kappa shape index (κ1) is 17.5. The SMILES string of the molecule is Cc1ccc(C2(O)CN(c3ccccc3)C3=[N+]2CCCS3)cc1.[Br-]. The van der Waals surface area contributed by atoms with Crippen molar-refractivity contribution >= 4 is 22.6 Å². The Balaban J connectivity index is 0.00000169. The number of aryl methyl sites for hydroxylation is 1. The van der Waals surface area contributed by atoms with Gasteiger partial charge in [-0.15, -0.1) is 0 Å². The molecule has 4 rings (SSSR count). The molecular weight excluding hydrogens is 384 g/mol. The van der Waals surface area contributed by atoms with Gasteiger partial charge in [0.25, 0.3) is 5.72 Å². The summed E-state index contributed by atoms with van der Waals surface area (Å²) in [5.41, 5.74) is 2.38. The normalized spacial score (nSPS) is 23.0. The highest BCUT2D eigenvalue weighted by molar-refractivity contribution is 8.13. The first-order valence-corrected chi connectivity index (χ1v) is 9.06. The number of amidine groups is 1. The molecule has 0 bridgehead atoms.